The molecule has 0 aliphatic carbocycles. The van der Waals surface area contributed by atoms with Gasteiger partial charge >= 0.3 is 0 Å². The number of aromatic amines is 1. The lowest BCUT2D eigenvalue weighted by Gasteiger charge is -2.36. The molecule has 6 nitrogen and oxygen atoms in total. The van der Waals surface area contributed by atoms with Crippen molar-refractivity contribution in [2.45, 2.75) is 25.9 Å². The number of H-pyrrole nitrogens is 1. The fourth-order valence-corrected chi connectivity index (χ4v) is 5.59. The molecule has 0 unspecified atom stereocenters. The summed E-state index contributed by atoms with van der Waals surface area (Å²) < 4.78 is 5.45. The molecule has 182 valence electrons. The number of nitrogens with zero attached hydrogens (tertiary/aromatic N) is 2. The summed E-state index contributed by atoms with van der Waals surface area (Å²) in [6.45, 7) is 6.07. The van der Waals surface area contributed by atoms with Crippen LogP contribution in [0.25, 0.3) is 22.2 Å². The average Bonchev–Trinajstić information content (AvgIpc) is 3.44. The van der Waals surface area contributed by atoms with E-state index in [2.05, 4.69) is 48.3 Å². The zero-order chi connectivity index (χ0) is 24.8. The van der Waals surface area contributed by atoms with E-state index in [0.717, 1.165) is 33.3 Å². The number of carbonyl (C=O) groups is 2. The smallest absolute Gasteiger partial charge is 0.255 e. The molecule has 0 saturated carbocycles. The van der Waals surface area contributed by atoms with Gasteiger partial charge in [-0.05, 0) is 37.1 Å². The number of amides is 2. The number of rotatable bonds is 4. The summed E-state index contributed by atoms with van der Waals surface area (Å²) in [4.78, 5) is 34.7. The van der Waals surface area contributed by atoms with Crippen LogP contribution < -0.4 is 0 Å². The Bertz CT molecular complexity index is 1450. The van der Waals surface area contributed by atoms with Crippen LogP contribution in [0.2, 0.25) is 0 Å². The average molecular weight is 480 g/mol. The molecule has 1 N–H and O–H groups in total. The van der Waals surface area contributed by atoms with E-state index in [1.165, 1.54) is 5.56 Å². The van der Waals surface area contributed by atoms with Crippen molar-refractivity contribution in [1.29, 1.82) is 0 Å². The van der Waals surface area contributed by atoms with E-state index < -0.39 is 6.04 Å². The maximum Gasteiger partial charge on any atom is 0.255 e. The van der Waals surface area contributed by atoms with Crippen molar-refractivity contribution in [2.24, 2.45) is 0 Å². The maximum absolute atomic E-state index is 13.9. The Balaban J connectivity index is 1.54. The standard InChI is InChI=1S/C30H29N3O3/c1-19-11-13-21(14-12-19)27-26(24-9-5-6-10-25(24)31-27)28-22-7-3-4-8-23(22)30(35)33(28)20(2)29(34)32-15-17-36-18-16-32/h3-14,20,28,31H,15-18H2,1-2H3/t20-,28+/m0/s1. The Morgan fingerprint density at radius 1 is 0.972 bits per heavy atom. The molecule has 0 bridgehead atoms. The van der Waals surface area contributed by atoms with E-state index >= 15 is 0 Å². The third kappa shape index (κ3) is 3.60. The predicted octanol–water partition coefficient (Wildman–Crippen LogP) is 4.94. The molecule has 2 atom stereocenters. The van der Waals surface area contributed by atoms with Gasteiger partial charge in [-0.3, -0.25) is 9.59 Å². The van der Waals surface area contributed by atoms with Gasteiger partial charge in [-0.2, -0.15) is 0 Å². The molecule has 6 rings (SSSR count). The van der Waals surface area contributed by atoms with Crippen LogP contribution in [0.3, 0.4) is 0 Å². The zero-order valence-corrected chi connectivity index (χ0v) is 20.5. The van der Waals surface area contributed by atoms with Crippen LogP contribution in [-0.4, -0.2) is 58.9 Å². The number of aryl methyl sites for hydroxylation is 1. The monoisotopic (exact) mass is 479 g/mol. The van der Waals surface area contributed by atoms with E-state index in [1.54, 1.807) is 4.90 Å². The molecule has 6 heteroatoms. The Hall–Kier alpha value is -3.90. The molecule has 2 aliphatic rings. The topological polar surface area (TPSA) is 65.6 Å². The van der Waals surface area contributed by atoms with Crippen LogP contribution >= 0.6 is 0 Å². The highest BCUT2D eigenvalue weighted by Crippen LogP contribution is 2.46. The molecule has 36 heavy (non-hydrogen) atoms. The number of hydrogen-bond donors (Lipinski definition) is 1. The minimum absolute atomic E-state index is 0.0406. The largest absolute Gasteiger partial charge is 0.378 e. The molecule has 2 amide bonds. The van der Waals surface area contributed by atoms with Gasteiger partial charge in [0.05, 0.1) is 24.9 Å². The molecule has 0 radical (unpaired) electrons. The van der Waals surface area contributed by atoms with E-state index in [0.29, 0.717) is 31.9 Å². The Morgan fingerprint density at radius 3 is 2.44 bits per heavy atom. The summed E-state index contributed by atoms with van der Waals surface area (Å²) in [5.41, 5.74) is 6.83. The first-order valence-corrected chi connectivity index (χ1v) is 12.5. The fraction of sp³-hybridized carbons (Fsp3) is 0.267. The summed E-state index contributed by atoms with van der Waals surface area (Å²) in [6.07, 6.45) is 0. The molecule has 1 aromatic heterocycles. The van der Waals surface area contributed by atoms with Crippen molar-refractivity contribution < 1.29 is 14.3 Å². The van der Waals surface area contributed by atoms with Crippen LogP contribution in [0.15, 0.2) is 72.8 Å². The van der Waals surface area contributed by atoms with Gasteiger partial charge in [0.25, 0.3) is 5.91 Å². The lowest BCUT2D eigenvalue weighted by molar-refractivity contribution is -0.140. The summed E-state index contributed by atoms with van der Waals surface area (Å²) in [5, 5.41) is 1.05. The van der Waals surface area contributed by atoms with Crippen LogP contribution in [0.1, 0.15) is 40.0 Å². The van der Waals surface area contributed by atoms with Gasteiger partial charge < -0.3 is 19.5 Å². The number of fused-ring (bicyclic) bond motifs is 2. The van der Waals surface area contributed by atoms with Gasteiger partial charge in [0.15, 0.2) is 0 Å². The molecule has 4 aromatic rings. The Morgan fingerprint density at radius 2 is 1.67 bits per heavy atom. The van der Waals surface area contributed by atoms with Gasteiger partial charge in [0, 0.05) is 35.1 Å². The zero-order valence-electron chi connectivity index (χ0n) is 20.5. The van der Waals surface area contributed by atoms with Crippen LogP contribution in [-0.2, 0) is 9.53 Å². The van der Waals surface area contributed by atoms with E-state index in [4.69, 9.17) is 4.74 Å². The summed E-state index contributed by atoms with van der Waals surface area (Å²) in [6, 6.07) is 23.3. The summed E-state index contributed by atoms with van der Waals surface area (Å²) in [7, 11) is 0. The van der Waals surface area contributed by atoms with Gasteiger partial charge in [0.2, 0.25) is 5.91 Å². The van der Waals surface area contributed by atoms with Crippen molar-refractivity contribution in [3.63, 3.8) is 0 Å². The number of ether oxygens (including phenoxy) is 1. The molecule has 1 saturated heterocycles. The van der Waals surface area contributed by atoms with E-state index in [1.807, 2.05) is 48.2 Å². The van der Waals surface area contributed by atoms with E-state index in [-0.39, 0.29) is 17.9 Å². The highest BCUT2D eigenvalue weighted by atomic mass is 16.5. The molecule has 2 aliphatic heterocycles. The van der Waals surface area contributed by atoms with Crippen LogP contribution in [0, 0.1) is 6.92 Å². The quantitative estimate of drug-likeness (QED) is 0.451. The second kappa shape index (κ2) is 8.95. The lowest BCUT2D eigenvalue weighted by Crippen LogP contribution is -2.51. The predicted molar refractivity (Wildman–Crippen MR) is 140 cm³/mol. The third-order valence-corrected chi connectivity index (χ3v) is 7.46. The summed E-state index contributed by atoms with van der Waals surface area (Å²) in [5.74, 6) is -0.147. The first kappa shape index (κ1) is 22.6. The van der Waals surface area contributed by atoms with Crippen molar-refractivity contribution >= 4 is 22.7 Å². The number of para-hydroxylation sites is 1. The summed E-state index contributed by atoms with van der Waals surface area (Å²) >= 11 is 0. The lowest BCUT2D eigenvalue weighted by atomic mass is 9.92. The van der Waals surface area contributed by atoms with Crippen molar-refractivity contribution in [3.8, 4) is 11.3 Å². The van der Waals surface area contributed by atoms with Gasteiger partial charge in [0.1, 0.15) is 6.04 Å². The second-order valence-corrected chi connectivity index (χ2v) is 9.64. The maximum atomic E-state index is 13.9. The highest BCUT2D eigenvalue weighted by Gasteiger charge is 2.45. The van der Waals surface area contributed by atoms with Gasteiger partial charge in [-0.25, -0.2) is 0 Å². The minimum atomic E-state index is -0.618. The first-order valence-electron chi connectivity index (χ1n) is 12.5. The molecular weight excluding hydrogens is 450 g/mol. The van der Waals surface area contributed by atoms with Gasteiger partial charge in [-0.1, -0.05) is 66.2 Å². The normalized spacial score (nSPS) is 18.5. The molecule has 0 spiro atoms. The molecule has 3 aromatic carbocycles. The number of hydrogen-bond acceptors (Lipinski definition) is 3. The number of benzene rings is 3. The number of morpholine rings is 1. The fourth-order valence-electron chi connectivity index (χ4n) is 5.59. The molecular formula is C30H29N3O3. The van der Waals surface area contributed by atoms with E-state index in [9.17, 15) is 9.59 Å². The SMILES string of the molecule is Cc1ccc(-c2[nH]c3ccccc3c2[C@H]2c3ccccc3C(=O)N2[C@@H](C)C(=O)N2CCOCC2)cc1. The number of nitrogens with one attached hydrogen (secondary N) is 1. The highest BCUT2D eigenvalue weighted by molar-refractivity contribution is 6.04. The van der Waals surface area contributed by atoms with Gasteiger partial charge in [-0.15, -0.1) is 0 Å². The molecule has 1 fully saturated rings. The third-order valence-electron chi connectivity index (χ3n) is 7.46. The Kier molecular flexibility index (Phi) is 5.61. The van der Waals surface area contributed by atoms with Crippen molar-refractivity contribution in [2.75, 3.05) is 26.3 Å². The second-order valence-electron chi connectivity index (χ2n) is 9.64. The number of carbonyl (C=O) groups excluding carboxylic acids is 2. The van der Waals surface area contributed by atoms with Crippen molar-refractivity contribution in [1.82, 2.24) is 14.8 Å². The first-order chi connectivity index (χ1) is 17.5. The van der Waals surface area contributed by atoms with Crippen molar-refractivity contribution in [3.05, 3.63) is 95.1 Å². The number of aromatic nitrogens is 1. The minimum Gasteiger partial charge on any atom is -0.378 e. The Labute approximate surface area is 210 Å². The van der Waals surface area contributed by atoms with Crippen LogP contribution in [0.5, 0.6) is 0 Å². The van der Waals surface area contributed by atoms with Crippen LogP contribution in [0.4, 0.5) is 0 Å². The molecule has 3 heterocycles.